The molecule has 2 aromatic carbocycles. The summed E-state index contributed by atoms with van der Waals surface area (Å²) in [5.74, 6) is -1.04. The molecule has 0 aliphatic carbocycles. The SMILES string of the molecule is CN(C)c1ccc(NC(=O)COC(=O)c2cc(-c3cccs3)nn2-c2ccccc2)cc1. The lowest BCUT2D eigenvalue weighted by Crippen LogP contribution is -2.22. The lowest BCUT2D eigenvalue weighted by molar-refractivity contribution is -0.119. The molecule has 0 atom stereocenters. The first-order valence-electron chi connectivity index (χ1n) is 9.95. The van der Waals surface area contributed by atoms with Crippen LogP contribution in [0.2, 0.25) is 0 Å². The topological polar surface area (TPSA) is 76.5 Å². The summed E-state index contributed by atoms with van der Waals surface area (Å²) in [7, 11) is 3.88. The third-order valence-corrected chi connectivity index (χ3v) is 5.59. The molecule has 0 fully saturated rings. The van der Waals surface area contributed by atoms with Gasteiger partial charge in [-0.15, -0.1) is 11.3 Å². The van der Waals surface area contributed by atoms with E-state index in [1.54, 1.807) is 18.2 Å². The summed E-state index contributed by atoms with van der Waals surface area (Å²) in [6.07, 6.45) is 0. The van der Waals surface area contributed by atoms with Crippen LogP contribution in [0, 0.1) is 0 Å². The summed E-state index contributed by atoms with van der Waals surface area (Å²) in [4.78, 5) is 28.0. The summed E-state index contributed by atoms with van der Waals surface area (Å²) in [6, 6.07) is 22.3. The largest absolute Gasteiger partial charge is 0.451 e. The summed E-state index contributed by atoms with van der Waals surface area (Å²) in [6.45, 7) is -0.400. The van der Waals surface area contributed by atoms with Gasteiger partial charge >= 0.3 is 5.97 Å². The highest BCUT2D eigenvalue weighted by atomic mass is 32.1. The third kappa shape index (κ3) is 4.87. The summed E-state index contributed by atoms with van der Waals surface area (Å²) in [5.41, 5.74) is 3.30. The molecule has 4 aromatic rings. The van der Waals surface area contributed by atoms with Crippen molar-refractivity contribution in [1.29, 1.82) is 0 Å². The van der Waals surface area contributed by atoms with Gasteiger partial charge in [-0.3, -0.25) is 4.79 Å². The number of anilines is 2. The number of benzene rings is 2. The first kappa shape index (κ1) is 21.3. The van der Waals surface area contributed by atoms with Crippen molar-refractivity contribution in [3.05, 3.63) is 83.9 Å². The second-order valence-corrected chi connectivity index (χ2v) is 8.15. The van der Waals surface area contributed by atoms with E-state index in [9.17, 15) is 9.59 Å². The van der Waals surface area contributed by atoms with Crippen molar-refractivity contribution < 1.29 is 14.3 Å². The van der Waals surface area contributed by atoms with Crippen molar-refractivity contribution in [3.63, 3.8) is 0 Å². The predicted octanol–water partition coefficient (Wildman–Crippen LogP) is 4.46. The maximum absolute atomic E-state index is 12.8. The van der Waals surface area contributed by atoms with Gasteiger partial charge in [0.2, 0.25) is 0 Å². The van der Waals surface area contributed by atoms with Crippen LogP contribution in [-0.2, 0) is 9.53 Å². The number of thiophene rings is 1. The normalized spacial score (nSPS) is 10.6. The lowest BCUT2D eigenvalue weighted by Gasteiger charge is -2.13. The van der Waals surface area contributed by atoms with E-state index in [1.807, 2.05) is 79.0 Å². The van der Waals surface area contributed by atoms with E-state index < -0.39 is 18.5 Å². The Kier molecular flexibility index (Phi) is 6.32. The molecule has 162 valence electrons. The van der Waals surface area contributed by atoms with E-state index in [0.717, 1.165) is 16.3 Å². The average Bonchev–Trinajstić information content (AvgIpc) is 3.48. The van der Waals surface area contributed by atoms with Crippen LogP contribution in [0.25, 0.3) is 16.3 Å². The molecule has 7 nitrogen and oxygen atoms in total. The van der Waals surface area contributed by atoms with Crippen LogP contribution < -0.4 is 10.2 Å². The Morgan fingerprint density at radius 3 is 2.44 bits per heavy atom. The van der Waals surface area contributed by atoms with Crippen LogP contribution in [0.3, 0.4) is 0 Å². The van der Waals surface area contributed by atoms with Crippen LogP contribution in [0.4, 0.5) is 11.4 Å². The number of esters is 1. The second kappa shape index (κ2) is 9.49. The van der Waals surface area contributed by atoms with Gasteiger partial charge in [-0.2, -0.15) is 5.10 Å². The molecule has 0 radical (unpaired) electrons. The molecule has 1 N–H and O–H groups in total. The zero-order chi connectivity index (χ0) is 22.5. The molecule has 0 aliphatic heterocycles. The van der Waals surface area contributed by atoms with Crippen molar-refractivity contribution in [1.82, 2.24) is 9.78 Å². The molecular weight excluding hydrogens is 424 g/mol. The number of amides is 1. The molecule has 0 spiro atoms. The number of hydrogen-bond acceptors (Lipinski definition) is 6. The fraction of sp³-hybridized carbons (Fsp3) is 0.125. The molecule has 32 heavy (non-hydrogen) atoms. The minimum Gasteiger partial charge on any atom is -0.451 e. The van der Waals surface area contributed by atoms with Gasteiger partial charge in [0.15, 0.2) is 12.3 Å². The maximum Gasteiger partial charge on any atom is 0.357 e. The number of para-hydroxylation sites is 1. The molecule has 0 unspecified atom stereocenters. The minimum atomic E-state index is -0.623. The van der Waals surface area contributed by atoms with Crippen molar-refractivity contribution in [2.75, 3.05) is 30.9 Å². The monoisotopic (exact) mass is 446 g/mol. The van der Waals surface area contributed by atoms with Gasteiger partial charge in [0, 0.05) is 31.5 Å². The van der Waals surface area contributed by atoms with Crippen molar-refractivity contribution in [2.45, 2.75) is 0 Å². The highest BCUT2D eigenvalue weighted by Crippen LogP contribution is 2.26. The number of rotatable bonds is 7. The van der Waals surface area contributed by atoms with Crippen LogP contribution in [-0.4, -0.2) is 42.4 Å². The van der Waals surface area contributed by atoms with Crippen LogP contribution in [0.5, 0.6) is 0 Å². The fourth-order valence-electron chi connectivity index (χ4n) is 3.08. The van der Waals surface area contributed by atoms with Crippen molar-refractivity contribution in [2.24, 2.45) is 0 Å². The van der Waals surface area contributed by atoms with E-state index in [1.165, 1.54) is 16.0 Å². The molecule has 0 aliphatic rings. The van der Waals surface area contributed by atoms with E-state index in [4.69, 9.17) is 4.74 Å². The Hall–Kier alpha value is -3.91. The molecule has 0 bridgehead atoms. The number of hydrogen-bond donors (Lipinski definition) is 1. The number of carbonyl (C=O) groups excluding carboxylic acids is 2. The van der Waals surface area contributed by atoms with Gasteiger partial charge in [0.1, 0.15) is 5.69 Å². The van der Waals surface area contributed by atoms with Gasteiger partial charge in [0.25, 0.3) is 5.91 Å². The minimum absolute atomic E-state index is 0.253. The second-order valence-electron chi connectivity index (χ2n) is 7.21. The van der Waals surface area contributed by atoms with Gasteiger partial charge in [0.05, 0.1) is 10.6 Å². The predicted molar refractivity (Wildman–Crippen MR) is 127 cm³/mol. The Balaban J connectivity index is 1.47. The summed E-state index contributed by atoms with van der Waals surface area (Å²) < 4.78 is 6.84. The highest BCUT2D eigenvalue weighted by Gasteiger charge is 2.20. The van der Waals surface area contributed by atoms with Gasteiger partial charge < -0.3 is 15.0 Å². The first-order chi connectivity index (χ1) is 15.5. The maximum atomic E-state index is 12.8. The molecule has 8 heteroatoms. The average molecular weight is 447 g/mol. The number of ether oxygens (including phenoxy) is 1. The molecule has 0 saturated carbocycles. The van der Waals surface area contributed by atoms with Gasteiger partial charge in [-0.25, -0.2) is 9.48 Å². The van der Waals surface area contributed by atoms with Crippen molar-refractivity contribution in [3.8, 4) is 16.3 Å². The van der Waals surface area contributed by atoms with Gasteiger partial charge in [-0.1, -0.05) is 24.3 Å². The molecule has 2 aromatic heterocycles. The third-order valence-electron chi connectivity index (χ3n) is 4.69. The molecular formula is C24H22N4O3S. The smallest absolute Gasteiger partial charge is 0.357 e. The Bertz CT molecular complexity index is 1200. The number of aromatic nitrogens is 2. The van der Waals surface area contributed by atoms with E-state index >= 15 is 0 Å². The Morgan fingerprint density at radius 2 is 1.78 bits per heavy atom. The summed E-state index contributed by atoms with van der Waals surface area (Å²) >= 11 is 1.53. The molecule has 1 amide bonds. The zero-order valence-corrected chi connectivity index (χ0v) is 18.5. The quantitative estimate of drug-likeness (QED) is 0.424. The standard InChI is InChI=1S/C24H22N4O3S/c1-27(2)18-12-10-17(11-13-18)25-23(29)16-31-24(30)21-15-20(22-9-6-14-32-22)26-28(21)19-7-4-3-5-8-19/h3-15H,16H2,1-2H3,(H,25,29). The first-order valence-corrected chi connectivity index (χ1v) is 10.8. The van der Waals surface area contributed by atoms with Crippen molar-refractivity contribution >= 4 is 34.6 Å². The molecule has 4 rings (SSSR count). The lowest BCUT2D eigenvalue weighted by atomic mass is 10.2. The van der Waals surface area contributed by atoms with E-state index in [2.05, 4.69) is 10.4 Å². The van der Waals surface area contributed by atoms with E-state index in [-0.39, 0.29) is 5.69 Å². The number of nitrogens with zero attached hydrogens (tertiary/aromatic N) is 3. The van der Waals surface area contributed by atoms with Crippen LogP contribution in [0.1, 0.15) is 10.5 Å². The highest BCUT2D eigenvalue weighted by molar-refractivity contribution is 7.13. The van der Waals surface area contributed by atoms with Crippen LogP contribution in [0.15, 0.2) is 78.2 Å². The Morgan fingerprint density at radius 1 is 1.03 bits per heavy atom. The molecule has 2 heterocycles. The fourth-order valence-corrected chi connectivity index (χ4v) is 3.76. The Labute approximate surface area is 189 Å². The molecule has 0 saturated heterocycles. The number of carbonyl (C=O) groups is 2. The summed E-state index contributed by atoms with van der Waals surface area (Å²) in [5, 5.41) is 9.26. The van der Waals surface area contributed by atoms with Crippen LogP contribution >= 0.6 is 11.3 Å². The number of nitrogens with one attached hydrogen (secondary N) is 1. The van der Waals surface area contributed by atoms with Gasteiger partial charge in [-0.05, 0) is 47.8 Å². The van der Waals surface area contributed by atoms with E-state index in [0.29, 0.717) is 11.4 Å². The zero-order valence-electron chi connectivity index (χ0n) is 17.7.